The lowest BCUT2D eigenvalue weighted by atomic mass is 10.0. The summed E-state index contributed by atoms with van der Waals surface area (Å²) in [6.45, 7) is 6.06. The number of amides is 6. The summed E-state index contributed by atoms with van der Waals surface area (Å²) >= 11 is 1.50. The predicted octanol–water partition coefficient (Wildman–Crippen LogP) is 0.586. The number of aromatic nitrogens is 1. The third-order valence-electron chi connectivity index (χ3n) is 7.58. The van der Waals surface area contributed by atoms with Crippen LogP contribution in [-0.4, -0.2) is 101 Å². The Morgan fingerprint density at radius 3 is 2.15 bits per heavy atom. The maximum absolute atomic E-state index is 13.6. The summed E-state index contributed by atoms with van der Waals surface area (Å²) in [6.07, 6.45) is 4.08. The molecule has 1 aromatic carbocycles. The van der Waals surface area contributed by atoms with Gasteiger partial charge in [0.05, 0.1) is 12.6 Å². The Labute approximate surface area is 273 Å². The molecule has 13 nitrogen and oxygen atoms in total. The van der Waals surface area contributed by atoms with Gasteiger partial charge < -0.3 is 36.5 Å². The van der Waals surface area contributed by atoms with E-state index in [0.29, 0.717) is 18.6 Å². The average molecular weight is 656 g/mol. The van der Waals surface area contributed by atoms with Crippen LogP contribution in [0.2, 0.25) is 0 Å². The van der Waals surface area contributed by atoms with Gasteiger partial charge in [-0.05, 0) is 62.3 Å². The minimum Gasteiger partial charge on any atom is -0.357 e. The summed E-state index contributed by atoms with van der Waals surface area (Å²) in [4.78, 5) is 84.3. The third-order valence-corrected chi connectivity index (χ3v) is 8.22. The average Bonchev–Trinajstić information content (AvgIpc) is 3.55. The molecule has 3 rings (SSSR count). The van der Waals surface area contributed by atoms with E-state index >= 15 is 0 Å². The molecule has 250 valence electrons. The van der Waals surface area contributed by atoms with E-state index in [9.17, 15) is 28.8 Å². The van der Waals surface area contributed by atoms with Crippen LogP contribution in [0.4, 0.5) is 0 Å². The fourth-order valence-electron chi connectivity index (χ4n) is 4.99. The highest BCUT2D eigenvalue weighted by molar-refractivity contribution is 7.98. The van der Waals surface area contributed by atoms with E-state index in [1.165, 1.54) is 30.5 Å². The van der Waals surface area contributed by atoms with Crippen LogP contribution in [0.15, 0.2) is 48.7 Å². The van der Waals surface area contributed by atoms with Gasteiger partial charge in [-0.3, -0.25) is 28.8 Å². The predicted molar refractivity (Wildman–Crippen MR) is 176 cm³/mol. The molecule has 6 amide bonds. The van der Waals surface area contributed by atoms with Crippen molar-refractivity contribution in [3.63, 3.8) is 0 Å². The van der Waals surface area contributed by atoms with Gasteiger partial charge in [-0.15, -0.1) is 0 Å². The van der Waals surface area contributed by atoms with Crippen molar-refractivity contribution < 1.29 is 28.8 Å². The van der Waals surface area contributed by atoms with Gasteiger partial charge in [-0.2, -0.15) is 11.8 Å². The van der Waals surface area contributed by atoms with Gasteiger partial charge in [-0.25, -0.2) is 0 Å². The number of hydrogen-bond donors (Lipinski definition) is 6. The maximum atomic E-state index is 13.6. The van der Waals surface area contributed by atoms with E-state index < -0.39 is 72.2 Å². The standard InChI is InChI=1S/C32H45N7O6S/c1-19(2)27-31(44)37-24(13-15-46-5)30(43)35-21(4)28(41)36-23(16-22-10-7-6-8-11-22)17-39(32(45)25-12-9-14-33-25)18-26(40)34-20(3)29(42)38-27/h6-12,14,19-21,23-24,27,33H,13,15-18H2,1-5H3,(H,34,40)(H,35,43)(H,36,41)(H,37,44)(H,38,42)/t20-,21+,23-,24+,27+/m1/s1. The number of aromatic amines is 1. The zero-order chi connectivity index (χ0) is 33.8. The first-order valence-corrected chi connectivity index (χ1v) is 16.7. The summed E-state index contributed by atoms with van der Waals surface area (Å²) in [5.41, 5.74) is 1.13. The van der Waals surface area contributed by atoms with Gasteiger partial charge in [0.2, 0.25) is 29.5 Å². The Morgan fingerprint density at radius 2 is 1.52 bits per heavy atom. The SMILES string of the molecule is CSCC[C@@H]1NC(=O)[C@H](C(C)C)NC(=O)[C@@H](C)NC(=O)CN(C(=O)c2ccc[nH]2)C[C@@H](Cc2ccccc2)NC(=O)[C@H](C)NC1=O. The van der Waals surface area contributed by atoms with Crippen LogP contribution >= 0.6 is 11.8 Å². The second-order valence-corrected chi connectivity index (χ2v) is 12.7. The molecule has 1 fully saturated rings. The van der Waals surface area contributed by atoms with Crippen molar-refractivity contribution in [2.75, 3.05) is 25.1 Å². The highest BCUT2D eigenvalue weighted by Crippen LogP contribution is 2.11. The van der Waals surface area contributed by atoms with E-state index in [4.69, 9.17) is 0 Å². The molecule has 1 aliphatic heterocycles. The Balaban J connectivity index is 1.99. The van der Waals surface area contributed by atoms with Crippen molar-refractivity contribution in [2.45, 2.75) is 70.7 Å². The van der Waals surface area contributed by atoms with Gasteiger partial charge in [0.15, 0.2) is 0 Å². The van der Waals surface area contributed by atoms with Crippen LogP contribution in [0.25, 0.3) is 0 Å². The highest BCUT2D eigenvalue weighted by atomic mass is 32.2. The lowest BCUT2D eigenvalue weighted by Gasteiger charge is -2.30. The summed E-state index contributed by atoms with van der Waals surface area (Å²) < 4.78 is 0. The fourth-order valence-corrected chi connectivity index (χ4v) is 5.46. The molecule has 2 heterocycles. The number of nitrogens with zero attached hydrogens (tertiary/aromatic N) is 1. The molecule has 6 N–H and O–H groups in total. The summed E-state index contributed by atoms with van der Waals surface area (Å²) in [5.74, 6) is -3.06. The van der Waals surface area contributed by atoms with Crippen LogP contribution in [0, 0.1) is 5.92 Å². The highest BCUT2D eigenvalue weighted by Gasteiger charge is 2.33. The van der Waals surface area contributed by atoms with E-state index in [-0.39, 0.29) is 18.2 Å². The monoisotopic (exact) mass is 655 g/mol. The van der Waals surface area contributed by atoms with Crippen molar-refractivity contribution in [1.82, 2.24) is 36.5 Å². The third kappa shape index (κ3) is 10.6. The minimum absolute atomic E-state index is 0.0466. The van der Waals surface area contributed by atoms with Crippen LogP contribution in [0.5, 0.6) is 0 Å². The number of carbonyl (C=O) groups is 6. The van der Waals surface area contributed by atoms with Crippen LogP contribution < -0.4 is 26.6 Å². The summed E-state index contributed by atoms with van der Waals surface area (Å²) in [6, 6.07) is 7.94. The summed E-state index contributed by atoms with van der Waals surface area (Å²) in [5, 5.41) is 13.7. The van der Waals surface area contributed by atoms with Crippen molar-refractivity contribution >= 4 is 47.2 Å². The second-order valence-electron chi connectivity index (χ2n) is 11.8. The van der Waals surface area contributed by atoms with E-state index in [1.807, 2.05) is 36.6 Å². The molecule has 0 unspecified atom stereocenters. The molecular weight excluding hydrogens is 610 g/mol. The molecule has 1 saturated heterocycles. The molecular formula is C32H45N7O6S. The lowest BCUT2D eigenvalue weighted by Crippen LogP contribution is -2.60. The van der Waals surface area contributed by atoms with E-state index in [2.05, 4.69) is 31.6 Å². The van der Waals surface area contributed by atoms with E-state index in [0.717, 1.165) is 5.56 Å². The molecule has 2 aromatic rings. The largest absolute Gasteiger partial charge is 0.357 e. The number of carbonyl (C=O) groups excluding carboxylic acids is 6. The molecule has 0 bridgehead atoms. The second kappa shape index (κ2) is 17.4. The Hall–Kier alpha value is -4.33. The smallest absolute Gasteiger partial charge is 0.270 e. The lowest BCUT2D eigenvalue weighted by molar-refractivity contribution is -0.135. The van der Waals surface area contributed by atoms with Crippen molar-refractivity contribution in [3.05, 3.63) is 59.9 Å². The molecule has 1 aliphatic rings. The first kappa shape index (κ1) is 36.1. The zero-order valence-electron chi connectivity index (χ0n) is 26.9. The van der Waals surface area contributed by atoms with Crippen LogP contribution in [-0.2, 0) is 30.4 Å². The minimum atomic E-state index is -1.04. The first-order valence-electron chi connectivity index (χ1n) is 15.4. The Kier molecular flexibility index (Phi) is 13.7. The van der Waals surface area contributed by atoms with Crippen molar-refractivity contribution in [1.29, 1.82) is 0 Å². The van der Waals surface area contributed by atoms with Gasteiger partial charge in [-0.1, -0.05) is 44.2 Å². The Bertz CT molecular complexity index is 1350. The topological polar surface area (TPSA) is 182 Å². The molecule has 0 radical (unpaired) electrons. The number of H-pyrrole nitrogens is 1. The number of nitrogens with one attached hydrogen (secondary N) is 6. The number of benzene rings is 1. The molecule has 0 aliphatic carbocycles. The molecule has 0 spiro atoms. The number of thioether (sulfide) groups is 1. The summed E-state index contributed by atoms with van der Waals surface area (Å²) in [7, 11) is 0. The molecule has 46 heavy (non-hydrogen) atoms. The van der Waals surface area contributed by atoms with Gasteiger partial charge in [0, 0.05) is 12.7 Å². The number of hydrogen-bond acceptors (Lipinski definition) is 7. The normalized spacial score (nSPS) is 24.2. The van der Waals surface area contributed by atoms with Gasteiger partial charge in [0.25, 0.3) is 5.91 Å². The molecule has 0 saturated carbocycles. The van der Waals surface area contributed by atoms with E-state index in [1.54, 1.807) is 32.2 Å². The molecule has 1 aromatic heterocycles. The van der Waals surface area contributed by atoms with Crippen molar-refractivity contribution in [2.24, 2.45) is 5.92 Å². The van der Waals surface area contributed by atoms with Crippen LogP contribution in [0.1, 0.15) is 50.2 Å². The number of rotatable bonds is 7. The molecule has 5 atom stereocenters. The van der Waals surface area contributed by atoms with Gasteiger partial charge in [0.1, 0.15) is 29.9 Å². The fraction of sp³-hybridized carbons (Fsp3) is 0.500. The van der Waals surface area contributed by atoms with Crippen molar-refractivity contribution in [3.8, 4) is 0 Å². The van der Waals surface area contributed by atoms with Crippen LogP contribution in [0.3, 0.4) is 0 Å². The molecule has 14 heteroatoms. The quantitative estimate of drug-likeness (QED) is 0.252. The zero-order valence-corrected chi connectivity index (χ0v) is 27.7. The Morgan fingerprint density at radius 1 is 0.848 bits per heavy atom. The maximum Gasteiger partial charge on any atom is 0.270 e. The van der Waals surface area contributed by atoms with Gasteiger partial charge >= 0.3 is 0 Å². The first-order chi connectivity index (χ1) is 21.9.